The fourth-order valence-electron chi connectivity index (χ4n) is 4.34. The molecular weight excluding hydrogens is 387 g/mol. The summed E-state index contributed by atoms with van der Waals surface area (Å²) in [5.74, 6) is 0.942. The van der Waals surface area contributed by atoms with E-state index < -0.39 is 6.04 Å². The van der Waals surface area contributed by atoms with Gasteiger partial charge in [-0.2, -0.15) is 0 Å². The van der Waals surface area contributed by atoms with E-state index in [2.05, 4.69) is 20.4 Å². The van der Waals surface area contributed by atoms with Crippen LogP contribution in [0, 0.1) is 18.7 Å². The Labute approximate surface area is 176 Å². The van der Waals surface area contributed by atoms with Gasteiger partial charge in [-0.1, -0.05) is 12.1 Å². The second-order valence-corrected chi connectivity index (χ2v) is 8.20. The number of benzene rings is 1. The maximum atomic E-state index is 13.4. The van der Waals surface area contributed by atoms with Crippen molar-refractivity contribution in [1.29, 1.82) is 0 Å². The van der Waals surface area contributed by atoms with Crippen LogP contribution < -0.4 is 0 Å². The van der Waals surface area contributed by atoms with Gasteiger partial charge in [0, 0.05) is 39.1 Å². The van der Waals surface area contributed by atoms with E-state index in [0.29, 0.717) is 18.2 Å². The van der Waals surface area contributed by atoms with Gasteiger partial charge in [0.25, 0.3) is 0 Å². The van der Waals surface area contributed by atoms with Gasteiger partial charge in [0.15, 0.2) is 0 Å². The largest absolute Gasteiger partial charge is 0.379 e. The molecule has 8 nitrogen and oxygen atoms in total. The molecule has 0 saturated carbocycles. The zero-order valence-corrected chi connectivity index (χ0v) is 17.4. The van der Waals surface area contributed by atoms with E-state index >= 15 is 0 Å². The first-order chi connectivity index (χ1) is 14.6. The fourth-order valence-corrected chi connectivity index (χ4v) is 4.34. The molecule has 0 bridgehead atoms. The number of carbonyl (C=O) groups is 1. The lowest BCUT2D eigenvalue weighted by Gasteiger charge is -2.37. The Morgan fingerprint density at radius 2 is 1.87 bits per heavy atom. The third kappa shape index (κ3) is 5.02. The van der Waals surface area contributed by atoms with Crippen LogP contribution in [-0.2, 0) is 16.0 Å². The minimum atomic E-state index is -0.527. The summed E-state index contributed by atoms with van der Waals surface area (Å²) in [6.07, 6.45) is 2.43. The average Bonchev–Trinajstić information content (AvgIpc) is 3.20. The van der Waals surface area contributed by atoms with Crippen LogP contribution in [0.5, 0.6) is 0 Å². The van der Waals surface area contributed by atoms with Gasteiger partial charge in [-0.3, -0.25) is 9.69 Å². The summed E-state index contributed by atoms with van der Waals surface area (Å²) in [6, 6.07) is 5.73. The maximum absolute atomic E-state index is 13.4. The van der Waals surface area contributed by atoms with Crippen molar-refractivity contribution in [3.8, 4) is 0 Å². The molecule has 4 rings (SSSR count). The highest BCUT2D eigenvalue weighted by molar-refractivity contribution is 5.80. The van der Waals surface area contributed by atoms with E-state index in [0.717, 1.165) is 64.3 Å². The van der Waals surface area contributed by atoms with Crippen LogP contribution in [0.25, 0.3) is 0 Å². The van der Waals surface area contributed by atoms with Crippen molar-refractivity contribution in [3.63, 3.8) is 0 Å². The van der Waals surface area contributed by atoms with Gasteiger partial charge in [-0.15, -0.1) is 5.10 Å². The highest BCUT2D eigenvalue weighted by Crippen LogP contribution is 2.24. The lowest BCUT2D eigenvalue weighted by molar-refractivity contribution is -0.136. The fraction of sp³-hybridized carbons (Fsp3) is 0.619. The summed E-state index contributed by atoms with van der Waals surface area (Å²) >= 11 is 0. The number of likely N-dealkylation sites (tertiary alicyclic amines) is 1. The van der Waals surface area contributed by atoms with Crippen LogP contribution in [0.3, 0.4) is 0 Å². The SMILES string of the molecule is Cc1nnnn1C(Cc1ccc(F)cc1)C(=O)N1CCC(CN2CCOCC2)CC1. The number of amides is 1. The molecule has 1 atom stereocenters. The summed E-state index contributed by atoms with van der Waals surface area (Å²) in [5.41, 5.74) is 0.881. The highest BCUT2D eigenvalue weighted by atomic mass is 19.1. The molecule has 30 heavy (non-hydrogen) atoms. The first-order valence-corrected chi connectivity index (χ1v) is 10.7. The van der Waals surface area contributed by atoms with Crippen LogP contribution in [-0.4, -0.2) is 81.9 Å². The number of ether oxygens (including phenoxy) is 1. The summed E-state index contributed by atoms with van der Waals surface area (Å²) in [7, 11) is 0. The summed E-state index contributed by atoms with van der Waals surface area (Å²) in [5, 5.41) is 11.7. The van der Waals surface area contributed by atoms with Gasteiger partial charge >= 0.3 is 0 Å². The number of hydrogen-bond acceptors (Lipinski definition) is 6. The Balaban J connectivity index is 1.40. The van der Waals surface area contributed by atoms with Crippen LogP contribution >= 0.6 is 0 Å². The molecule has 0 aliphatic carbocycles. The van der Waals surface area contributed by atoms with Gasteiger partial charge in [-0.05, 0) is 53.8 Å². The first kappa shape index (κ1) is 20.9. The molecule has 1 unspecified atom stereocenters. The van der Waals surface area contributed by atoms with E-state index in [4.69, 9.17) is 4.74 Å². The lowest BCUT2D eigenvalue weighted by atomic mass is 9.95. The van der Waals surface area contributed by atoms with E-state index in [1.54, 1.807) is 23.7 Å². The number of rotatable bonds is 6. The molecule has 2 fully saturated rings. The Morgan fingerprint density at radius 3 is 2.50 bits per heavy atom. The van der Waals surface area contributed by atoms with Gasteiger partial charge < -0.3 is 9.64 Å². The first-order valence-electron chi connectivity index (χ1n) is 10.7. The lowest BCUT2D eigenvalue weighted by Crippen LogP contribution is -2.46. The summed E-state index contributed by atoms with van der Waals surface area (Å²) in [4.78, 5) is 17.8. The van der Waals surface area contributed by atoms with Crippen LogP contribution in [0.2, 0.25) is 0 Å². The molecule has 9 heteroatoms. The van der Waals surface area contributed by atoms with Crippen LogP contribution in [0.15, 0.2) is 24.3 Å². The van der Waals surface area contributed by atoms with Crippen LogP contribution in [0.4, 0.5) is 4.39 Å². The number of aryl methyl sites for hydroxylation is 1. The number of carbonyl (C=O) groups excluding carboxylic acids is 1. The number of halogens is 1. The minimum absolute atomic E-state index is 0.0274. The molecule has 162 valence electrons. The van der Waals surface area contributed by atoms with Crippen molar-refractivity contribution in [3.05, 3.63) is 41.5 Å². The quantitative estimate of drug-likeness (QED) is 0.710. The van der Waals surface area contributed by atoms with Crippen molar-refractivity contribution >= 4 is 5.91 Å². The zero-order valence-electron chi connectivity index (χ0n) is 17.4. The van der Waals surface area contributed by atoms with E-state index in [-0.39, 0.29) is 11.7 Å². The number of morpholine rings is 1. The van der Waals surface area contributed by atoms with E-state index in [9.17, 15) is 9.18 Å². The molecule has 0 spiro atoms. The molecule has 2 saturated heterocycles. The van der Waals surface area contributed by atoms with Crippen LogP contribution in [0.1, 0.15) is 30.3 Å². The van der Waals surface area contributed by atoms with E-state index in [1.165, 1.54) is 12.1 Å². The molecule has 0 radical (unpaired) electrons. The van der Waals surface area contributed by atoms with Gasteiger partial charge in [-0.25, -0.2) is 9.07 Å². The predicted octanol–water partition coefficient (Wildman–Crippen LogP) is 1.48. The molecule has 1 aromatic carbocycles. The molecular formula is C21H29FN6O2. The maximum Gasteiger partial charge on any atom is 0.247 e. The Bertz CT molecular complexity index is 828. The molecule has 2 aliphatic heterocycles. The zero-order chi connectivity index (χ0) is 20.9. The Hall–Kier alpha value is -2.39. The van der Waals surface area contributed by atoms with E-state index in [1.807, 2.05) is 4.90 Å². The van der Waals surface area contributed by atoms with Crippen molar-refractivity contribution in [1.82, 2.24) is 30.0 Å². The molecule has 2 aliphatic rings. The average molecular weight is 417 g/mol. The van der Waals surface area contributed by atoms with Gasteiger partial charge in [0.1, 0.15) is 17.7 Å². The molecule has 0 N–H and O–H groups in total. The van der Waals surface area contributed by atoms with Crippen molar-refractivity contribution in [2.75, 3.05) is 45.9 Å². The standard InChI is InChI=1S/C21H29FN6O2/c1-16-23-24-25-28(16)20(14-17-2-4-19(22)5-3-17)21(29)27-8-6-18(7-9-27)15-26-10-12-30-13-11-26/h2-5,18,20H,6-15H2,1H3. The monoisotopic (exact) mass is 416 g/mol. The van der Waals surface area contributed by atoms with Gasteiger partial charge in [0.05, 0.1) is 13.2 Å². The Kier molecular flexibility index (Phi) is 6.69. The summed E-state index contributed by atoms with van der Waals surface area (Å²) in [6.45, 7) is 7.98. The third-order valence-electron chi connectivity index (χ3n) is 6.13. The highest BCUT2D eigenvalue weighted by Gasteiger charge is 2.32. The third-order valence-corrected chi connectivity index (χ3v) is 6.13. The minimum Gasteiger partial charge on any atom is -0.379 e. The normalized spacial score (nSPS) is 19.7. The summed E-state index contributed by atoms with van der Waals surface area (Å²) < 4.78 is 20.3. The second-order valence-electron chi connectivity index (χ2n) is 8.20. The van der Waals surface area contributed by atoms with Crippen molar-refractivity contribution in [2.24, 2.45) is 5.92 Å². The molecule has 1 amide bonds. The number of piperidine rings is 1. The second kappa shape index (κ2) is 9.61. The molecule has 1 aromatic heterocycles. The number of tetrazole rings is 1. The molecule has 2 aromatic rings. The van der Waals surface area contributed by atoms with Crippen molar-refractivity contribution < 1.29 is 13.9 Å². The smallest absolute Gasteiger partial charge is 0.247 e. The number of aromatic nitrogens is 4. The Morgan fingerprint density at radius 1 is 1.17 bits per heavy atom. The number of hydrogen-bond donors (Lipinski definition) is 0. The molecule has 3 heterocycles. The number of nitrogens with zero attached hydrogens (tertiary/aromatic N) is 6. The predicted molar refractivity (Wildman–Crippen MR) is 108 cm³/mol. The topological polar surface area (TPSA) is 76.4 Å². The van der Waals surface area contributed by atoms with Gasteiger partial charge in [0.2, 0.25) is 5.91 Å². The van der Waals surface area contributed by atoms with Crippen molar-refractivity contribution in [2.45, 2.75) is 32.2 Å².